The van der Waals surface area contributed by atoms with Crippen LogP contribution in [0.5, 0.6) is 11.5 Å². The first-order valence-corrected chi connectivity index (χ1v) is 10.0. The summed E-state index contributed by atoms with van der Waals surface area (Å²) in [6, 6.07) is 20.5. The van der Waals surface area contributed by atoms with Crippen LogP contribution in [0.4, 0.5) is 5.13 Å². The number of ether oxygens (including phenoxy) is 2. The molecule has 0 aliphatic carbocycles. The number of nitrogens with one attached hydrogen (secondary N) is 1. The van der Waals surface area contributed by atoms with Crippen molar-refractivity contribution in [1.29, 1.82) is 0 Å². The Morgan fingerprint density at radius 1 is 1.10 bits per heavy atom. The summed E-state index contributed by atoms with van der Waals surface area (Å²) in [4.78, 5) is 17.1. The number of rotatable bonds is 6. The molecule has 1 heterocycles. The standard InChI is InChI=1S/C22H17ClN2O3S/c1-27-19-12-20-18(11-17(19)23)24-22(29-20)25-21(26)15-8-5-9-16(10-15)28-13-14-6-3-2-4-7-14/h2-12H,13H2,1H3,(H,24,25,26). The monoisotopic (exact) mass is 424 g/mol. The minimum absolute atomic E-state index is 0.257. The van der Waals surface area contributed by atoms with Gasteiger partial charge in [-0.3, -0.25) is 10.1 Å². The summed E-state index contributed by atoms with van der Waals surface area (Å²) < 4.78 is 11.9. The van der Waals surface area contributed by atoms with E-state index in [1.807, 2.05) is 42.5 Å². The van der Waals surface area contributed by atoms with Crippen LogP contribution in [-0.2, 0) is 6.61 Å². The van der Waals surface area contributed by atoms with Crippen LogP contribution in [0.2, 0.25) is 5.02 Å². The lowest BCUT2D eigenvalue weighted by Crippen LogP contribution is -2.11. The number of hydrogen-bond acceptors (Lipinski definition) is 5. The quantitative estimate of drug-likeness (QED) is 0.425. The molecule has 1 amide bonds. The maximum atomic E-state index is 12.7. The van der Waals surface area contributed by atoms with Gasteiger partial charge in [0, 0.05) is 11.6 Å². The predicted octanol–water partition coefficient (Wildman–Crippen LogP) is 5.79. The van der Waals surface area contributed by atoms with Gasteiger partial charge in [-0.15, -0.1) is 0 Å². The summed E-state index contributed by atoms with van der Waals surface area (Å²) >= 11 is 7.50. The van der Waals surface area contributed by atoms with Crippen molar-refractivity contribution in [3.05, 3.63) is 82.9 Å². The summed E-state index contributed by atoms with van der Waals surface area (Å²) in [6.07, 6.45) is 0. The van der Waals surface area contributed by atoms with Crippen LogP contribution in [0, 0.1) is 0 Å². The molecule has 0 saturated heterocycles. The van der Waals surface area contributed by atoms with Gasteiger partial charge in [0.15, 0.2) is 5.13 Å². The van der Waals surface area contributed by atoms with Gasteiger partial charge in [-0.05, 0) is 29.8 Å². The van der Waals surface area contributed by atoms with Crippen molar-refractivity contribution in [2.75, 3.05) is 12.4 Å². The van der Waals surface area contributed by atoms with E-state index in [1.54, 1.807) is 31.4 Å². The number of thiazole rings is 1. The molecule has 4 rings (SSSR count). The minimum atomic E-state index is -0.257. The minimum Gasteiger partial charge on any atom is -0.495 e. The van der Waals surface area contributed by atoms with Gasteiger partial charge in [0.2, 0.25) is 0 Å². The number of aromatic nitrogens is 1. The van der Waals surface area contributed by atoms with Crippen LogP contribution in [0.3, 0.4) is 0 Å². The van der Waals surface area contributed by atoms with Gasteiger partial charge >= 0.3 is 0 Å². The van der Waals surface area contributed by atoms with Crippen molar-refractivity contribution in [3.8, 4) is 11.5 Å². The van der Waals surface area contributed by atoms with Gasteiger partial charge in [-0.1, -0.05) is 59.3 Å². The second-order valence-electron chi connectivity index (χ2n) is 6.23. The first kappa shape index (κ1) is 19.2. The molecule has 1 N–H and O–H groups in total. The van der Waals surface area contributed by atoms with E-state index >= 15 is 0 Å². The van der Waals surface area contributed by atoms with Crippen LogP contribution in [0.15, 0.2) is 66.7 Å². The highest BCUT2D eigenvalue weighted by Gasteiger charge is 2.13. The summed E-state index contributed by atoms with van der Waals surface area (Å²) in [5, 5.41) is 3.80. The number of amides is 1. The van der Waals surface area contributed by atoms with Crippen molar-refractivity contribution in [2.45, 2.75) is 6.61 Å². The molecule has 1 aromatic heterocycles. The highest BCUT2D eigenvalue weighted by atomic mass is 35.5. The average molecular weight is 425 g/mol. The zero-order valence-electron chi connectivity index (χ0n) is 15.5. The van der Waals surface area contributed by atoms with Crippen molar-refractivity contribution >= 4 is 44.2 Å². The van der Waals surface area contributed by atoms with E-state index in [0.717, 1.165) is 10.3 Å². The van der Waals surface area contributed by atoms with E-state index in [0.29, 0.717) is 39.3 Å². The fourth-order valence-corrected chi connectivity index (χ4v) is 3.88. The molecule has 3 aromatic carbocycles. The number of halogens is 1. The lowest BCUT2D eigenvalue weighted by atomic mass is 10.2. The van der Waals surface area contributed by atoms with Crippen LogP contribution in [0.1, 0.15) is 15.9 Å². The molecular formula is C22H17ClN2O3S. The van der Waals surface area contributed by atoms with Gasteiger partial charge in [-0.25, -0.2) is 4.98 Å². The maximum Gasteiger partial charge on any atom is 0.257 e. The van der Waals surface area contributed by atoms with E-state index < -0.39 is 0 Å². The Hall–Kier alpha value is -3.09. The fourth-order valence-electron chi connectivity index (χ4n) is 2.78. The summed E-state index contributed by atoms with van der Waals surface area (Å²) in [7, 11) is 1.56. The van der Waals surface area contributed by atoms with Gasteiger partial charge in [0.25, 0.3) is 5.91 Å². The lowest BCUT2D eigenvalue weighted by Gasteiger charge is -2.08. The molecule has 5 nitrogen and oxygen atoms in total. The SMILES string of the molecule is COc1cc2sc(NC(=O)c3cccc(OCc4ccccc4)c3)nc2cc1Cl. The Bertz CT molecular complexity index is 1160. The summed E-state index contributed by atoms with van der Waals surface area (Å²) in [5.74, 6) is 0.943. The second kappa shape index (κ2) is 8.51. The molecular weight excluding hydrogens is 408 g/mol. The van der Waals surface area contributed by atoms with Gasteiger partial charge in [-0.2, -0.15) is 0 Å². The van der Waals surface area contributed by atoms with E-state index in [4.69, 9.17) is 21.1 Å². The number of carbonyl (C=O) groups is 1. The molecule has 4 aromatic rings. The number of methoxy groups -OCH3 is 1. The molecule has 7 heteroatoms. The molecule has 0 atom stereocenters. The largest absolute Gasteiger partial charge is 0.495 e. The predicted molar refractivity (Wildman–Crippen MR) is 116 cm³/mol. The summed E-state index contributed by atoms with van der Waals surface area (Å²) in [6.45, 7) is 0.437. The van der Waals surface area contributed by atoms with Crippen molar-refractivity contribution < 1.29 is 14.3 Å². The number of anilines is 1. The van der Waals surface area contributed by atoms with Gasteiger partial charge in [0.05, 0.1) is 22.3 Å². The van der Waals surface area contributed by atoms with Crippen molar-refractivity contribution in [3.63, 3.8) is 0 Å². The zero-order chi connectivity index (χ0) is 20.2. The van der Waals surface area contributed by atoms with E-state index in [9.17, 15) is 4.79 Å². The van der Waals surface area contributed by atoms with Gasteiger partial charge in [0.1, 0.15) is 18.1 Å². The highest BCUT2D eigenvalue weighted by molar-refractivity contribution is 7.22. The molecule has 0 fully saturated rings. The normalized spacial score (nSPS) is 10.7. The maximum absolute atomic E-state index is 12.7. The smallest absolute Gasteiger partial charge is 0.257 e. The molecule has 0 saturated carbocycles. The van der Waals surface area contributed by atoms with Crippen molar-refractivity contribution in [1.82, 2.24) is 4.98 Å². The van der Waals surface area contributed by atoms with Crippen LogP contribution in [-0.4, -0.2) is 18.0 Å². The van der Waals surface area contributed by atoms with Crippen LogP contribution >= 0.6 is 22.9 Å². The van der Waals surface area contributed by atoms with Crippen molar-refractivity contribution in [2.24, 2.45) is 0 Å². The Morgan fingerprint density at radius 2 is 1.93 bits per heavy atom. The number of benzene rings is 3. The molecule has 0 unspecified atom stereocenters. The third kappa shape index (κ3) is 4.50. The third-order valence-corrected chi connectivity index (χ3v) is 5.46. The third-order valence-electron chi connectivity index (χ3n) is 4.23. The van der Waals surface area contributed by atoms with E-state index in [-0.39, 0.29) is 5.91 Å². The van der Waals surface area contributed by atoms with Gasteiger partial charge < -0.3 is 9.47 Å². The average Bonchev–Trinajstić information content (AvgIpc) is 3.13. The number of carbonyl (C=O) groups excluding carboxylic acids is 1. The van der Waals surface area contributed by atoms with Crippen LogP contribution < -0.4 is 14.8 Å². The second-order valence-corrected chi connectivity index (χ2v) is 7.67. The number of hydrogen-bond donors (Lipinski definition) is 1. The first-order chi connectivity index (χ1) is 14.1. The molecule has 29 heavy (non-hydrogen) atoms. The molecule has 0 radical (unpaired) electrons. The molecule has 0 aliphatic heterocycles. The Kier molecular flexibility index (Phi) is 5.64. The lowest BCUT2D eigenvalue weighted by molar-refractivity contribution is 0.102. The topological polar surface area (TPSA) is 60.5 Å². The van der Waals surface area contributed by atoms with Crippen LogP contribution in [0.25, 0.3) is 10.2 Å². The molecule has 146 valence electrons. The van der Waals surface area contributed by atoms with E-state index in [1.165, 1.54) is 11.3 Å². The Morgan fingerprint density at radius 3 is 2.72 bits per heavy atom. The zero-order valence-corrected chi connectivity index (χ0v) is 17.1. The molecule has 0 aliphatic rings. The number of nitrogens with zero attached hydrogens (tertiary/aromatic N) is 1. The Balaban J connectivity index is 1.47. The fraction of sp³-hybridized carbons (Fsp3) is 0.0909. The first-order valence-electron chi connectivity index (χ1n) is 8.84. The Labute approximate surface area is 176 Å². The summed E-state index contributed by atoms with van der Waals surface area (Å²) in [5.41, 5.74) is 2.26. The highest BCUT2D eigenvalue weighted by Crippen LogP contribution is 2.34. The number of fused-ring (bicyclic) bond motifs is 1. The van der Waals surface area contributed by atoms with E-state index in [2.05, 4.69) is 10.3 Å². The molecule has 0 spiro atoms. The molecule has 0 bridgehead atoms.